The zero-order valence-electron chi connectivity index (χ0n) is 22.4. The van der Waals surface area contributed by atoms with E-state index in [2.05, 4.69) is 17.0 Å². The number of carboxylic acid groups (broad SMARTS) is 1. The number of carbonyl (C=O) groups is 2. The number of anilines is 1. The molecule has 0 atom stereocenters. The summed E-state index contributed by atoms with van der Waals surface area (Å²) in [4.78, 5) is 38.3. The third-order valence-corrected chi connectivity index (χ3v) is 7.14. The zero-order chi connectivity index (χ0) is 27.6. The van der Waals surface area contributed by atoms with Crippen LogP contribution in [0, 0.1) is 0 Å². The lowest BCUT2D eigenvalue weighted by atomic mass is 10.1. The van der Waals surface area contributed by atoms with Gasteiger partial charge in [0.1, 0.15) is 0 Å². The SMILES string of the molecule is C/C=C\C(Cl)=C/CCc1nc2ccc(C(=O)N3CCN(c4ccccc4)CC3)cc2nc1CCCCC(=O)O. The van der Waals surface area contributed by atoms with Gasteiger partial charge in [-0.1, -0.05) is 42.0 Å². The van der Waals surface area contributed by atoms with Crippen LogP contribution in [-0.4, -0.2) is 58.0 Å². The number of hydrogen-bond acceptors (Lipinski definition) is 5. The summed E-state index contributed by atoms with van der Waals surface area (Å²) >= 11 is 6.21. The molecule has 7 nitrogen and oxygen atoms in total. The number of aryl methyl sites for hydroxylation is 2. The summed E-state index contributed by atoms with van der Waals surface area (Å²) in [5.74, 6) is -0.793. The van der Waals surface area contributed by atoms with E-state index in [1.54, 1.807) is 0 Å². The molecular weight excluding hydrogens is 512 g/mol. The molecular formula is C31H35ClN4O3. The smallest absolute Gasteiger partial charge is 0.303 e. The first-order valence-corrected chi connectivity index (χ1v) is 13.9. The third-order valence-electron chi connectivity index (χ3n) is 6.86. The van der Waals surface area contributed by atoms with E-state index >= 15 is 0 Å². The number of fused-ring (bicyclic) bond motifs is 1. The van der Waals surface area contributed by atoms with Crippen molar-refractivity contribution in [1.29, 1.82) is 0 Å². The van der Waals surface area contributed by atoms with Crippen LogP contribution in [0.1, 0.15) is 54.4 Å². The molecule has 2 heterocycles. The number of para-hydroxylation sites is 1. The summed E-state index contributed by atoms with van der Waals surface area (Å²) in [7, 11) is 0. The van der Waals surface area contributed by atoms with E-state index in [1.807, 2.05) is 66.4 Å². The number of carboxylic acids is 1. The van der Waals surface area contributed by atoms with Gasteiger partial charge >= 0.3 is 5.97 Å². The number of unbranched alkanes of at least 4 members (excludes halogenated alkanes) is 1. The molecule has 3 aromatic rings. The van der Waals surface area contributed by atoms with Crippen molar-refractivity contribution < 1.29 is 14.7 Å². The van der Waals surface area contributed by atoms with Crippen molar-refractivity contribution in [2.75, 3.05) is 31.1 Å². The Morgan fingerprint density at radius 1 is 0.949 bits per heavy atom. The highest BCUT2D eigenvalue weighted by molar-refractivity contribution is 6.31. The average molecular weight is 547 g/mol. The number of nitrogens with zero attached hydrogens (tertiary/aromatic N) is 4. The topological polar surface area (TPSA) is 86.6 Å². The van der Waals surface area contributed by atoms with Crippen LogP contribution in [0.25, 0.3) is 11.0 Å². The number of amides is 1. The summed E-state index contributed by atoms with van der Waals surface area (Å²) in [6, 6.07) is 15.8. The first-order chi connectivity index (χ1) is 18.9. The fourth-order valence-electron chi connectivity index (χ4n) is 4.79. The highest BCUT2D eigenvalue weighted by atomic mass is 35.5. The minimum atomic E-state index is -0.795. The van der Waals surface area contributed by atoms with Crippen LogP contribution in [0.3, 0.4) is 0 Å². The zero-order valence-corrected chi connectivity index (χ0v) is 23.1. The molecule has 1 saturated heterocycles. The molecule has 39 heavy (non-hydrogen) atoms. The maximum Gasteiger partial charge on any atom is 0.303 e. The predicted octanol–water partition coefficient (Wildman–Crippen LogP) is 6.02. The van der Waals surface area contributed by atoms with Gasteiger partial charge in [-0.2, -0.15) is 0 Å². The Labute approximate surface area is 234 Å². The molecule has 4 rings (SSSR count). The molecule has 1 aliphatic rings. The fraction of sp³-hybridized carbons (Fsp3) is 0.355. The molecule has 8 heteroatoms. The minimum absolute atomic E-state index is 0.00209. The van der Waals surface area contributed by atoms with E-state index < -0.39 is 5.97 Å². The summed E-state index contributed by atoms with van der Waals surface area (Å²) in [6.07, 6.45) is 9.15. The van der Waals surface area contributed by atoms with Crippen LogP contribution < -0.4 is 4.90 Å². The summed E-state index contributed by atoms with van der Waals surface area (Å²) in [5.41, 5.74) is 4.95. The molecule has 1 aromatic heterocycles. The van der Waals surface area contributed by atoms with E-state index in [-0.39, 0.29) is 12.3 Å². The molecule has 0 radical (unpaired) electrons. The Bertz CT molecular complexity index is 1350. The second-order valence-corrected chi connectivity index (χ2v) is 10.1. The lowest BCUT2D eigenvalue weighted by Gasteiger charge is -2.36. The highest BCUT2D eigenvalue weighted by Gasteiger charge is 2.23. The van der Waals surface area contributed by atoms with Gasteiger partial charge in [-0.25, -0.2) is 9.97 Å². The van der Waals surface area contributed by atoms with E-state index in [1.165, 1.54) is 5.69 Å². The standard InChI is InChI=1S/C31H35ClN4O3/c1-2-9-24(32)10-8-14-27-26(13-6-7-15-30(37)38)34-29-22-23(16-17-28(29)33-27)31(39)36-20-18-35(19-21-36)25-11-4-3-5-12-25/h2-5,9-12,16-17,22H,6-8,13-15,18-21H2,1H3,(H,37,38)/b9-2-,24-10+. The monoisotopic (exact) mass is 546 g/mol. The van der Waals surface area contributed by atoms with Crippen molar-refractivity contribution in [3.05, 3.63) is 88.7 Å². The van der Waals surface area contributed by atoms with E-state index in [9.17, 15) is 9.59 Å². The number of piperazine rings is 1. The van der Waals surface area contributed by atoms with E-state index in [4.69, 9.17) is 26.7 Å². The van der Waals surface area contributed by atoms with Crippen LogP contribution in [-0.2, 0) is 17.6 Å². The van der Waals surface area contributed by atoms with Crippen LogP contribution in [0.5, 0.6) is 0 Å². The van der Waals surface area contributed by atoms with Crippen molar-refractivity contribution in [2.24, 2.45) is 0 Å². The maximum absolute atomic E-state index is 13.4. The van der Waals surface area contributed by atoms with Gasteiger partial charge in [0.15, 0.2) is 0 Å². The first-order valence-electron chi connectivity index (χ1n) is 13.5. The number of rotatable bonds is 11. The number of allylic oxidation sites excluding steroid dienone is 4. The van der Waals surface area contributed by atoms with Crippen molar-refractivity contribution in [3.63, 3.8) is 0 Å². The van der Waals surface area contributed by atoms with E-state index in [0.29, 0.717) is 54.9 Å². The van der Waals surface area contributed by atoms with Gasteiger partial charge in [0.2, 0.25) is 0 Å². The van der Waals surface area contributed by atoms with Crippen molar-refractivity contribution in [1.82, 2.24) is 14.9 Å². The van der Waals surface area contributed by atoms with Gasteiger partial charge in [0.05, 0.1) is 22.4 Å². The van der Waals surface area contributed by atoms with Crippen LogP contribution in [0.15, 0.2) is 71.8 Å². The maximum atomic E-state index is 13.4. The molecule has 1 N–H and O–H groups in total. The number of hydrogen-bond donors (Lipinski definition) is 1. The molecule has 0 bridgehead atoms. The van der Waals surface area contributed by atoms with Gasteiger partial charge in [-0.3, -0.25) is 9.59 Å². The number of halogens is 1. The first kappa shape index (κ1) is 28.3. The molecule has 1 fully saturated rings. The number of aliphatic carboxylic acids is 1. The summed E-state index contributed by atoms with van der Waals surface area (Å²) in [5, 5.41) is 9.67. The molecule has 0 aliphatic carbocycles. The van der Waals surface area contributed by atoms with Crippen molar-refractivity contribution in [3.8, 4) is 0 Å². The normalized spacial score (nSPS) is 14.4. The fourth-order valence-corrected chi connectivity index (χ4v) is 5.03. The van der Waals surface area contributed by atoms with Gasteiger partial charge in [0.25, 0.3) is 5.91 Å². The molecule has 0 saturated carbocycles. The van der Waals surface area contributed by atoms with Crippen LogP contribution >= 0.6 is 11.6 Å². The van der Waals surface area contributed by atoms with Crippen molar-refractivity contribution in [2.45, 2.75) is 45.4 Å². The number of aromatic nitrogens is 2. The second-order valence-electron chi connectivity index (χ2n) is 9.66. The Hall–Kier alpha value is -3.71. The average Bonchev–Trinajstić information content (AvgIpc) is 2.95. The van der Waals surface area contributed by atoms with Gasteiger partial charge in [-0.05, 0) is 75.4 Å². The van der Waals surface area contributed by atoms with Gasteiger partial charge in [-0.15, -0.1) is 0 Å². The summed E-state index contributed by atoms with van der Waals surface area (Å²) in [6.45, 7) is 4.83. The number of benzene rings is 2. The van der Waals surface area contributed by atoms with Crippen LogP contribution in [0.2, 0.25) is 0 Å². The lowest BCUT2D eigenvalue weighted by Crippen LogP contribution is -2.48. The summed E-state index contributed by atoms with van der Waals surface area (Å²) < 4.78 is 0. The minimum Gasteiger partial charge on any atom is -0.481 e. The quantitative estimate of drug-likeness (QED) is 0.234. The van der Waals surface area contributed by atoms with E-state index in [0.717, 1.165) is 36.4 Å². The predicted molar refractivity (Wildman–Crippen MR) is 156 cm³/mol. The Morgan fingerprint density at radius 2 is 1.67 bits per heavy atom. The van der Waals surface area contributed by atoms with Crippen molar-refractivity contribution >= 4 is 40.2 Å². The highest BCUT2D eigenvalue weighted by Crippen LogP contribution is 2.21. The van der Waals surface area contributed by atoms with Crippen LogP contribution in [0.4, 0.5) is 5.69 Å². The Balaban J connectivity index is 1.50. The molecule has 204 valence electrons. The second kappa shape index (κ2) is 13.9. The molecule has 0 spiro atoms. The number of carbonyl (C=O) groups excluding carboxylic acids is 1. The van der Waals surface area contributed by atoms with Gasteiger partial charge < -0.3 is 14.9 Å². The third kappa shape index (κ3) is 7.90. The molecule has 0 unspecified atom stereocenters. The molecule has 1 amide bonds. The Morgan fingerprint density at radius 3 is 2.38 bits per heavy atom. The van der Waals surface area contributed by atoms with Gasteiger partial charge in [0, 0.05) is 48.9 Å². The largest absolute Gasteiger partial charge is 0.481 e. The molecule has 2 aromatic carbocycles. The molecule has 1 aliphatic heterocycles. The lowest BCUT2D eigenvalue weighted by molar-refractivity contribution is -0.137. The Kier molecular flexibility index (Phi) is 10.1.